The highest BCUT2D eigenvalue weighted by Gasteiger charge is 2.30. The van der Waals surface area contributed by atoms with E-state index in [4.69, 9.17) is 16.7 Å². The zero-order chi connectivity index (χ0) is 12.4. The van der Waals surface area contributed by atoms with Crippen molar-refractivity contribution in [3.05, 3.63) is 33.3 Å². The number of carboxylic acid groups (broad SMARTS) is 1. The maximum absolute atomic E-state index is 11.1. The van der Waals surface area contributed by atoms with Gasteiger partial charge in [-0.2, -0.15) is 0 Å². The van der Waals surface area contributed by atoms with E-state index in [-0.39, 0.29) is 6.04 Å². The summed E-state index contributed by atoms with van der Waals surface area (Å²) in [6.07, 6.45) is 1.69. The maximum atomic E-state index is 11.1. The van der Waals surface area contributed by atoms with Crippen LogP contribution in [-0.2, 0) is 11.3 Å². The molecule has 0 radical (unpaired) electrons. The minimum absolute atomic E-state index is 0.343. The highest BCUT2D eigenvalue weighted by molar-refractivity contribution is 9.10. The van der Waals surface area contributed by atoms with Crippen molar-refractivity contribution in [2.24, 2.45) is 0 Å². The quantitative estimate of drug-likeness (QED) is 0.930. The van der Waals surface area contributed by atoms with Gasteiger partial charge >= 0.3 is 5.97 Å². The van der Waals surface area contributed by atoms with Gasteiger partial charge in [0.1, 0.15) is 6.04 Å². The Balaban J connectivity index is 2.09. The number of likely N-dealkylation sites (tertiary alicyclic amines) is 1. The smallest absolute Gasteiger partial charge is 0.320 e. The summed E-state index contributed by atoms with van der Waals surface area (Å²) in [7, 11) is 0. The molecular formula is C12H13BrClNO2. The fraction of sp³-hybridized carbons (Fsp3) is 0.417. The highest BCUT2D eigenvalue weighted by Crippen LogP contribution is 2.26. The number of carbonyl (C=O) groups is 1. The number of benzene rings is 1. The molecule has 0 bridgehead atoms. The molecule has 17 heavy (non-hydrogen) atoms. The first-order valence-electron chi connectivity index (χ1n) is 5.48. The van der Waals surface area contributed by atoms with Crippen LogP contribution in [0.1, 0.15) is 18.4 Å². The second-order valence-corrected chi connectivity index (χ2v) is 5.48. The number of carboxylic acids is 1. The third kappa shape index (κ3) is 3.00. The summed E-state index contributed by atoms with van der Waals surface area (Å²) >= 11 is 9.29. The van der Waals surface area contributed by atoms with Gasteiger partial charge in [0.25, 0.3) is 0 Å². The lowest BCUT2D eigenvalue weighted by molar-refractivity contribution is -0.142. The molecule has 3 nitrogen and oxygen atoms in total. The minimum Gasteiger partial charge on any atom is -0.480 e. The standard InChI is InChI=1S/C12H13BrClNO2/c13-9-6-8(3-4-10(9)14)7-15-5-1-2-11(15)12(16)17/h3-4,6,11H,1-2,5,7H2,(H,16,17). The number of halogens is 2. The van der Waals surface area contributed by atoms with Gasteiger partial charge in [-0.15, -0.1) is 0 Å². The molecule has 0 saturated carbocycles. The first kappa shape index (κ1) is 12.9. The first-order valence-corrected chi connectivity index (χ1v) is 6.66. The van der Waals surface area contributed by atoms with Gasteiger partial charge < -0.3 is 5.11 Å². The summed E-state index contributed by atoms with van der Waals surface area (Å²) in [5, 5.41) is 9.76. The molecule has 1 unspecified atom stereocenters. The molecular weight excluding hydrogens is 305 g/mol. The zero-order valence-corrected chi connectivity index (χ0v) is 11.5. The van der Waals surface area contributed by atoms with Gasteiger partial charge in [0.15, 0.2) is 0 Å². The van der Waals surface area contributed by atoms with E-state index in [2.05, 4.69) is 15.9 Å². The molecule has 1 heterocycles. The highest BCUT2D eigenvalue weighted by atomic mass is 79.9. The Morgan fingerprint density at radius 2 is 2.35 bits per heavy atom. The minimum atomic E-state index is -0.726. The predicted octanol–water partition coefficient (Wildman–Crippen LogP) is 3.15. The summed E-state index contributed by atoms with van der Waals surface area (Å²) in [5.74, 6) is -0.726. The van der Waals surface area contributed by atoms with Gasteiger partial charge in [0, 0.05) is 11.0 Å². The summed E-state index contributed by atoms with van der Waals surface area (Å²) in [5.41, 5.74) is 1.08. The first-order chi connectivity index (χ1) is 8.08. The molecule has 5 heteroatoms. The third-order valence-corrected chi connectivity index (χ3v) is 4.23. The number of nitrogens with zero attached hydrogens (tertiary/aromatic N) is 1. The average molecular weight is 319 g/mol. The van der Waals surface area contributed by atoms with Crippen LogP contribution in [0.15, 0.2) is 22.7 Å². The fourth-order valence-electron chi connectivity index (χ4n) is 2.17. The molecule has 2 rings (SSSR count). The monoisotopic (exact) mass is 317 g/mol. The van der Waals surface area contributed by atoms with Gasteiger partial charge in [-0.1, -0.05) is 17.7 Å². The lowest BCUT2D eigenvalue weighted by Crippen LogP contribution is -2.35. The normalized spacial score (nSPS) is 20.7. The predicted molar refractivity (Wildman–Crippen MR) is 70.2 cm³/mol. The van der Waals surface area contributed by atoms with Gasteiger partial charge in [-0.05, 0) is 53.0 Å². The summed E-state index contributed by atoms with van der Waals surface area (Å²) in [6, 6.07) is 5.36. The molecule has 1 aliphatic rings. The lowest BCUT2D eigenvalue weighted by Gasteiger charge is -2.21. The molecule has 1 aliphatic heterocycles. The topological polar surface area (TPSA) is 40.5 Å². The van der Waals surface area contributed by atoms with Crippen LogP contribution < -0.4 is 0 Å². The van der Waals surface area contributed by atoms with E-state index in [1.165, 1.54) is 0 Å². The Hall–Kier alpha value is -0.580. The summed E-state index contributed by atoms with van der Waals surface area (Å²) in [6.45, 7) is 1.50. The molecule has 1 N–H and O–H groups in total. The van der Waals surface area contributed by atoms with Gasteiger partial charge in [0.2, 0.25) is 0 Å². The molecule has 92 valence electrons. The van der Waals surface area contributed by atoms with Crippen LogP contribution in [0.3, 0.4) is 0 Å². The van der Waals surface area contributed by atoms with E-state index in [0.29, 0.717) is 11.6 Å². The van der Waals surface area contributed by atoms with Crippen LogP contribution in [0, 0.1) is 0 Å². The zero-order valence-electron chi connectivity index (χ0n) is 9.20. The SMILES string of the molecule is O=C(O)C1CCCN1Cc1ccc(Cl)c(Br)c1. The third-order valence-electron chi connectivity index (χ3n) is 3.02. The average Bonchev–Trinajstić information content (AvgIpc) is 2.72. The maximum Gasteiger partial charge on any atom is 0.320 e. The number of aliphatic carboxylic acids is 1. The van der Waals surface area contributed by atoms with Crippen molar-refractivity contribution in [2.75, 3.05) is 6.54 Å². The van der Waals surface area contributed by atoms with Crippen LogP contribution >= 0.6 is 27.5 Å². The van der Waals surface area contributed by atoms with E-state index >= 15 is 0 Å². The Kier molecular flexibility index (Phi) is 4.07. The van der Waals surface area contributed by atoms with Crippen LogP contribution in [0.2, 0.25) is 5.02 Å². The van der Waals surface area contributed by atoms with Crippen molar-refractivity contribution in [3.63, 3.8) is 0 Å². The Labute approximate surface area is 114 Å². The van der Waals surface area contributed by atoms with Crippen molar-refractivity contribution in [1.29, 1.82) is 0 Å². The largest absolute Gasteiger partial charge is 0.480 e. The molecule has 0 spiro atoms. The van der Waals surface area contributed by atoms with Crippen molar-refractivity contribution in [2.45, 2.75) is 25.4 Å². The van der Waals surface area contributed by atoms with Crippen molar-refractivity contribution in [3.8, 4) is 0 Å². The van der Waals surface area contributed by atoms with E-state index in [0.717, 1.165) is 29.4 Å². The number of rotatable bonds is 3. The van der Waals surface area contributed by atoms with Gasteiger partial charge in [-0.3, -0.25) is 9.69 Å². The van der Waals surface area contributed by atoms with Gasteiger partial charge in [0.05, 0.1) is 5.02 Å². The molecule has 1 fully saturated rings. The summed E-state index contributed by atoms with van der Waals surface area (Å²) in [4.78, 5) is 13.0. The Morgan fingerprint density at radius 1 is 1.59 bits per heavy atom. The van der Waals surface area contributed by atoms with Crippen molar-refractivity contribution in [1.82, 2.24) is 4.90 Å². The van der Waals surface area contributed by atoms with Crippen LogP contribution in [0.25, 0.3) is 0 Å². The molecule has 1 aromatic carbocycles. The van der Waals surface area contributed by atoms with E-state index < -0.39 is 5.97 Å². The van der Waals surface area contributed by atoms with Crippen molar-refractivity contribution >= 4 is 33.5 Å². The lowest BCUT2D eigenvalue weighted by atomic mass is 10.2. The Morgan fingerprint density at radius 3 is 3.00 bits per heavy atom. The second-order valence-electron chi connectivity index (χ2n) is 4.22. The number of hydrogen-bond donors (Lipinski definition) is 1. The molecule has 0 amide bonds. The summed E-state index contributed by atoms with van der Waals surface area (Å²) < 4.78 is 0.850. The van der Waals surface area contributed by atoms with Crippen LogP contribution in [0.4, 0.5) is 0 Å². The van der Waals surface area contributed by atoms with E-state index in [1.54, 1.807) is 0 Å². The van der Waals surface area contributed by atoms with E-state index in [1.807, 2.05) is 23.1 Å². The number of hydrogen-bond acceptors (Lipinski definition) is 2. The fourth-order valence-corrected chi connectivity index (χ4v) is 2.71. The van der Waals surface area contributed by atoms with Crippen LogP contribution in [0.5, 0.6) is 0 Å². The molecule has 1 aromatic rings. The molecule has 0 aromatic heterocycles. The molecule has 1 atom stereocenters. The van der Waals surface area contributed by atoms with Crippen LogP contribution in [-0.4, -0.2) is 28.6 Å². The van der Waals surface area contributed by atoms with Crippen molar-refractivity contribution < 1.29 is 9.90 Å². The molecule has 1 saturated heterocycles. The van der Waals surface area contributed by atoms with Gasteiger partial charge in [-0.25, -0.2) is 0 Å². The van der Waals surface area contributed by atoms with E-state index in [9.17, 15) is 4.79 Å². The molecule has 0 aliphatic carbocycles. The Bertz CT molecular complexity index is 439. The second kappa shape index (κ2) is 5.38.